The maximum atomic E-state index is 11.7. The van der Waals surface area contributed by atoms with Gasteiger partial charge in [-0.05, 0) is 12.5 Å². The van der Waals surface area contributed by atoms with E-state index in [2.05, 4.69) is 40.4 Å². The molecule has 6 N–H and O–H groups in total. The lowest BCUT2D eigenvalue weighted by Crippen LogP contribution is -2.33. The molecular weight excluding hydrogens is 402 g/mol. The number of aromatic amines is 3. The van der Waals surface area contributed by atoms with Gasteiger partial charge in [-0.3, -0.25) is 24.1 Å². The van der Waals surface area contributed by atoms with Crippen LogP contribution in [0.15, 0.2) is 25.7 Å². The predicted octanol–water partition coefficient (Wildman–Crippen LogP) is -1.57. The summed E-state index contributed by atoms with van der Waals surface area (Å²) in [5.74, 6) is 0.0383. The Morgan fingerprint density at radius 2 is 2.13 bits per heavy atom. The number of aliphatic hydroxyl groups is 1. The van der Waals surface area contributed by atoms with Gasteiger partial charge in [-0.1, -0.05) is 5.11 Å². The first-order valence-corrected chi connectivity index (χ1v) is 8.53. The normalized spacial score (nSPS) is 20.4. The minimum atomic E-state index is -0.671. The van der Waals surface area contributed by atoms with Crippen LogP contribution in [-0.2, 0) is 4.74 Å². The number of anilines is 1. The molecule has 0 amide bonds. The molecule has 0 radical (unpaired) electrons. The van der Waals surface area contributed by atoms with Gasteiger partial charge in [0.15, 0.2) is 5.52 Å². The molecule has 0 unspecified atom stereocenters. The van der Waals surface area contributed by atoms with Crippen LogP contribution in [-0.4, -0.2) is 58.8 Å². The lowest BCUT2D eigenvalue weighted by atomic mass is 10.1. The largest absolute Gasteiger partial charge is 0.394 e. The third-order valence-electron chi connectivity index (χ3n) is 4.25. The number of nitrogen functional groups attached to an aromatic ring is 1. The van der Waals surface area contributed by atoms with Crippen molar-refractivity contribution in [1.29, 1.82) is 0 Å². The van der Waals surface area contributed by atoms with Crippen molar-refractivity contribution in [2.75, 3.05) is 12.3 Å². The molecule has 30 heavy (non-hydrogen) atoms. The first-order chi connectivity index (χ1) is 14.3. The SMILES string of the molecule is Cc1cn([C@H]2C[C@H](N=[N+]=[N-])[C@@H](CO)O2)c(=O)[nH]c1=O.Nc1nc2n[nH]nc2c(=O)[nH]1. The highest BCUT2D eigenvalue weighted by atomic mass is 16.5. The Balaban J connectivity index is 0.000000196. The summed E-state index contributed by atoms with van der Waals surface area (Å²) in [6.45, 7) is 1.26. The highest BCUT2D eigenvalue weighted by Gasteiger charge is 2.35. The van der Waals surface area contributed by atoms with E-state index < -0.39 is 29.6 Å². The lowest BCUT2D eigenvalue weighted by Gasteiger charge is -2.14. The van der Waals surface area contributed by atoms with E-state index in [1.165, 1.54) is 10.8 Å². The van der Waals surface area contributed by atoms with Crippen molar-refractivity contribution in [2.45, 2.75) is 31.7 Å². The van der Waals surface area contributed by atoms with Crippen LogP contribution in [0.2, 0.25) is 0 Å². The van der Waals surface area contributed by atoms with Gasteiger partial charge in [0.25, 0.3) is 11.1 Å². The summed E-state index contributed by atoms with van der Waals surface area (Å²) in [5.41, 5.74) is 13.0. The van der Waals surface area contributed by atoms with Gasteiger partial charge in [0.2, 0.25) is 11.6 Å². The van der Waals surface area contributed by atoms with E-state index in [1.807, 2.05) is 0 Å². The molecule has 1 aliphatic heterocycles. The van der Waals surface area contributed by atoms with Crippen molar-refractivity contribution in [3.8, 4) is 0 Å². The van der Waals surface area contributed by atoms with E-state index >= 15 is 0 Å². The van der Waals surface area contributed by atoms with Gasteiger partial charge in [0.1, 0.15) is 6.23 Å². The molecule has 0 saturated carbocycles. The lowest BCUT2D eigenvalue weighted by molar-refractivity contribution is -0.0271. The Kier molecular flexibility index (Phi) is 5.91. The summed E-state index contributed by atoms with van der Waals surface area (Å²) in [4.78, 5) is 44.8. The van der Waals surface area contributed by atoms with Crippen LogP contribution in [0.1, 0.15) is 18.2 Å². The number of ether oxygens (including phenoxy) is 1. The van der Waals surface area contributed by atoms with Crippen LogP contribution >= 0.6 is 0 Å². The molecule has 16 heteroatoms. The molecule has 1 saturated heterocycles. The van der Waals surface area contributed by atoms with E-state index in [9.17, 15) is 14.4 Å². The van der Waals surface area contributed by atoms with E-state index in [4.69, 9.17) is 21.1 Å². The summed E-state index contributed by atoms with van der Waals surface area (Å²) < 4.78 is 6.69. The molecule has 3 aromatic rings. The fraction of sp³-hybridized carbons (Fsp3) is 0.429. The summed E-state index contributed by atoms with van der Waals surface area (Å²) in [5, 5.41) is 22.1. The van der Waals surface area contributed by atoms with Crippen molar-refractivity contribution in [3.05, 3.63) is 53.4 Å². The highest BCUT2D eigenvalue weighted by molar-refractivity contribution is 5.68. The maximum absolute atomic E-state index is 11.7. The topological polar surface area (TPSA) is 246 Å². The number of H-pyrrole nitrogens is 3. The zero-order valence-electron chi connectivity index (χ0n) is 15.5. The minimum absolute atomic E-state index is 0.0383. The van der Waals surface area contributed by atoms with E-state index in [0.717, 1.165) is 0 Å². The zero-order valence-corrected chi connectivity index (χ0v) is 15.5. The van der Waals surface area contributed by atoms with Crippen molar-refractivity contribution in [3.63, 3.8) is 0 Å². The molecule has 4 heterocycles. The average molecular weight is 419 g/mol. The fourth-order valence-corrected chi connectivity index (χ4v) is 2.81. The molecule has 3 aromatic heterocycles. The first kappa shape index (κ1) is 20.7. The van der Waals surface area contributed by atoms with E-state index in [-0.39, 0.29) is 35.7 Å². The molecule has 158 valence electrons. The third kappa shape index (κ3) is 4.19. The quantitative estimate of drug-likeness (QED) is 0.186. The molecule has 0 aliphatic carbocycles. The smallest absolute Gasteiger partial charge is 0.330 e. The van der Waals surface area contributed by atoms with Gasteiger partial charge in [-0.25, -0.2) is 4.79 Å². The molecule has 1 fully saturated rings. The van der Waals surface area contributed by atoms with Gasteiger partial charge < -0.3 is 15.6 Å². The van der Waals surface area contributed by atoms with Crippen LogP contribution in [0.3, 0.4) is 0 Å². The van der Waals surface area contributed by atoms with Crippen LogP contribution in [0.5, 0.6) is 0 Å². The summed E-state index contributed by atoms with van der Waals surface area (Å²) in [6, 6.07) is -0.542. The third-order valence-corrected chi connectivity index (χ3v) is 4.25. The second kappa shape index (κ2) is 8.56. The average Bonchev–Trinajstić information content (AvgIpc) is 3.32. The standard InChI is InChI=1S/C10H13N5O4.C4H4N6O/c1-5-3-15(10(18)12-9(5)17)8-2-6(13-14-11)7(4-16)19-8;5-4-6-2-1(3(11)7-4)8-10-9-2/h3,6-8,16H,2,4H2,1H3,(H,12,17,18);(H4,5,6,7,8,9,10,11)/t6-,7+,8+;/m0./s1. The zero-order chi connectivity index (χ0) is 21.8. The Labute approximate surface area is 165 Å². The number of aliphatic hydroxyl groups excluding tert-OH is 1. The number of hydrogen-bond acceptors (Lipinski definition) is 10. The van der Waals surface area contributed by atoms with Gasteiger partial charge in [-0.15, -0.1) is 10.2 Å². The molecule has 16 nitrogen and oxygen atoms in total. The number of nitrogens with two attached hydrogens (primary N) is 1. The van der Waals surface area contributed by atoms with Crippen LogP contribution < -0.4 is 22.5 Å². The second-order valence-corrected chi connectivity index (χ2v) is 6.25. The van der Waals surface area contributed by atoms with E-state index in [0.29, 0.717) is 5.56 Å². The van der Waals surface area contributed by atoms with Crippen LogP contribution in [0.25, 0.3) is 21.6 Å². The predicted molar refractivity (Wildman–Crippen MR) is 101 cm³/mol. The molecule has 4 rings (SSSR count). The second-order valence-electron chi connectivity index (χ2n) is 6.25. The molecule has 1 aliphatic rings. The number of aryl methyl sites for hydroxylation is 1. The fourth-order valence-electron chi connectivity index (χ4n) is 2.81. The van der Waals surface area contributed by atoms with Gasteiger partial charge >= 0.3 is 5.69 Å². The minimum Gasteiger partial charge on any atom is -0.394 e. The van der Waals surface area contributed by atoms with Crippen LogP contribution in [0.4, 0.5) is 5.95 Å². The number of fused-ring (bicyclic) bond motifs is 1. The van der Waals surface area contributed by atoms with Crippen LogP contribution in [0, 0.1) is 6.92 Å². The Morgan fingerprint density at radius 1 is 1.37 bits per heavy atom. The van der Waals surface area contributed by atoms with Crippen molar-refractivity contribution in [2.24, 2.45) is 5.11 Å². The maximum Gasteiger partial charge on any atom is 0.330 e. The number of azide groups is 1. The summed E-state index contributed by atoms with van der Waals surface area (Å²) in [7, 11) is 0. The number of rotatable bonds is 3. The Hall–Kier alpha value is -4.01. The number of nitrogens with one attached hydrogen (secondary N) is 3. The highest BCUT2D eigenvalue weighted by Crippen LogP contribution is 2.29. The monoisotopic (exact) mass is 419 g/mol. The summed E-state index contributed by atoms with van der Waals surface area (Å²) in [6.07, 6.45) is 0.329. The molecule has 0 bridgehead atoms. The first-order valence-electron chi connectivity index (χ1n) is 8.53. The van der Waals surface area contributed by atoms with Gasteiger partial charge in [-0.2, -0.15) is 10.2 Å². The Bertz CT molecular complexity index is 1270. The number of aromatic nitrogens is 7. The molecular formula is C14H17N11O5. The molecule has 0 aromatic carbocycles. The Morgan fingerprint density at radius 3 is 2.83 bits per heavy atom. The number of hydrogen-bond donors (Lipinski definition) is 5. The number of nitrogens with zero attached hydrogens (tertiary/aromatic N) is 7. The van der Waals surface area contributed by atoms with Crippen molar-refractivity contribution >= 4 is 17.1 Å². The molecule has 0 spiro atoms. The van der Waals surface area contributed by atoms with Crippen molar-refractivity contribution in [1.82, 2.24) is 34.9 Å². The molecule has 3 atom stereocenters. The van der Waals surface area contributed by atoms with Gasteiger partial charge in [0, 0.05) is 23.1 Å². The van der Waals surface area contributed by atoms with Crippen molar-refractivity contribution < 1.29 is 9.84 Å². The summed E-state index contributed by atoms with van der Waals surface area (Å²) >= 11 is 0. The van der Waals surface area contributed by atoms with E-state index in [1.54, 1.807) is 6.92 Å². The van der Waals surface area contributed by atoms with Gasteiger partial charge in [0.05, 0.1) is 18.8 Å².